The van der Waals surface area contributed by atoms with Gasteiger partial charge in [0.1, 0.15) is 11.5 Å². The van der Waals surface area contributed by atoms with E-state index in [1.54, 1.807) is 14.2 Å². The molecule has 0 bridgehead atoms. The van der Waals surface area contributed by atoms with Crippen molar-refractivity contribution in [3.05, 3.63) is 17.7 Å². The van der Waals surface area contributed by atoms with Gasteiger partial charge in [0.2, 0.25) is 0 Å². The molecule has 0 aliphatic rings. The fourth-order valence-electron chi connectivity index (χ4n) is 1.99. The molecule has 0 saturated carbocycles. The molecule has 0 aromatic heterocycles. The molecule has 0 unspecified atom stereocenters. The third kappa shape index (κ3) is 4.99. The van der Waals surface area contributed by atoms with E-state index in [2.05, 4.69) is 5.32 Å². The van der Waals surface area contributed by atoms with Crippen molar-refractivity contribution in [2.75, 3.05) is 26.1 Å². The van der Waals surface area contributed by atoms with Crippen LogP contribution in [0.5, 0.6) is 11.5 Å². The number of nitrogens with two attached hydrogens (primary N) is 1. The van der Waals surface area contributed by atoms with E-state index in [-0.39, 0.29) is 5.54 Å². The fourth-order valence-corrected chi connectivity index (χ4v) is 1.99. The van der Waals surface area contributed by atoms with Crippen LogP contribution in [0.3, 0.4) is 0 Å². The van der Waals surface area contributed by atoms with Gasteiger partial charge in [0.05, 0.1) is 19.9 Å². The summed E-state index contributed by atoms with van der Waals surface area (Å²) in [5.74, 6) is 1.62. The molecule has 0 amide bonds. The van der Waals surface area contributed by atoms with Crippen molar-refractivity contribution in [2.45, 2.75) is 39.2 Å². The Morgan fingerprint density at radius 2 is 1.89 bits per heavy atom. The largest absolute Gasteiger partial charge is 0.497 e. The highest BCUT2D eigenvalue weighted by molar-refractivity contribution is 5.64. The first-order valence-corrected chi connectivity index (χ1v) is 6.63. The lowest BCUT2D eigenvalue weighted by molar-refractivity contribution is 0.395. The van der Waals surface area contributed by atoms with Gasteiger partial charge in [-0.3, -0.25) is 0 Å². The molecule has 0 heterocycles. The lowest BCUT2D eigenvalue weighted by atomic mass is 10.0. The zero-order valence-electron chi connectivity index (χ0n) is 12.7. The third-order valence-corrected chi connectivity index (χ3v) is 3.03. The molecule has 1 aromatic carbocycles. The molecule has 0 aliphatic heterocycles. The molecule has 4 nitrogen and oxygen atoms in total. The molecule has 1 aromatic rings. The van der Waals surface area contributed by atoms with E-state index in [9.17, 15) is 0 Å². The van der Waals surface area contributed by atoms with Gasteiger partial charge in [0.25, 0.3) is 0 Å². The summed E-state index contributed by atoms with van der Waals surface area (Å²) in [6.07, 6.45) is 2.01. The van der Waals surface area contributed by atoms with Crippen LogP contribution in [0.25, 0.3) is 0 Å². The van der Waals surface area contributed by atoms with Crippen LogP contribution in [0.15, 0.2) is 12.1 Å². The van der Waals surface area contributed by atoms with Crippen LogP contribution >= 0.6 is 0 Å². The normalized spacial score (nSPS) is 11.3. The van der Waals surface area contributed by atoms with Crippen molar-refractivity contribution in [1.82, 2.24) is 0 Å². The Morgan fingerprint density at radius 1 is 1.21 bits per heavy atom. The summed E-state index contributed by atoms with van der Waals surface area (Å²) in [4.78, 5) is 0. The van der Waals surface area contributed by atoms with Crippen molar-refractivity contribution >= 4 is 5.69 Å². The smallest absolute Gasteiger partial charge is 0.145 e. The number of hydrogen-bond acceptors (Lipinski definition) is 4. The summed E-state index contributed by atoms with van der Waals surface area (Å²) < 4.78 is 10.6. The van der Waals surface area contributed by atoms with E-state index in [1.807, 2.05) is 32.9 Å². The Hall–Kier alpha value is -1.42. The number of ether oxygens (including phenoxy) is 2. The summed E-state index contributed by atoms with van der Waals surface area (Å²) >= 11 is 0. The lowest BCUT2D eigenvalue weighted by Gasteiger charge is -2.19. The van der Waals surface area contributed by atoms with Crippen LogP contribution in [-0.4, -0.2) is 26.3 Å². The maximum Gasteiger partial charge on any atom is 0.145 e. The SMILES string of the molecule is COc1cc(C)c(NCCCC(C)(C)N)c(OC)c1. The molecule has 0 aliphatic carbocycles. The van der Waals surface area contributed by atoms with Gasteiger partial charge in [-0.15, -0.1) is 0 Å². The van der Waals surface area contributed by atoms with Gasteiger partial charge in [-0.1, -0.05) is 0 Å². The molecular weight excluding hydrogens is 240 g/mol. The number of benzene rings is 1. The highest BCUT2D eigenvalue weighted by Crippen LogP contribution is 2.33. The topological polar surface area (TPSA) is 56.5 Å². The van der Waals surface area contributed by atoms with E-state index < -0.39 is 0 Å². The predicted octanol–water partition coefficient (Wildman–Crippen LogP) is 2.94. The summed E-state index contributed by atoms with van der Waals surface area (Å²) in [5.41, 5.74) is 8.00. The van der Waals surface area contributed by atoms with Gasteiger partial charge in [-0.25, -0.2) is 0 Å². The monoisotopic (exact) mass is 266 g/mol. The zero-order chi connectivity index (χ0) is 14.5. The van der Waals surface area contributed by atoms with Crippen LogP contribution in [0, 0.1) is 6.92 Å². The molecule has 4 heteroatoms. The zero-order valence-corrected chi connectivity index (χ0v) is 12.7. The van der Waals surface area contributed by atoms with Crippen molar-refractivity contribution in [1.29, 1.82) is 0 Å². The molecule has 1 rings (SSSR count). The van der Waals surface area contributed by atoms with Crippen molar-refractivity contribution in [3.63, 3.8) is 0 Å². The van der Waals surface area contributed by atoms with Crippen LogP contribution in [-0.2, 0) is 0 Å². The number of anilines is 1. The maximum absolute atomic E-state index is 5.97. The van der Waals surface area contributed by atoms with E-state index in [4.69, 9.17) is 15.2 Å². The lowest BCUT2D eigenvalue weighted by Crippen LogP contribution is -2.32. The van der Waals surface area contributed by atoms with Crippen molar-refractivity contribution in [2.24, 2.45) is 5.73 Å². The quantitative estimate of drug-likeness (QED) is 0.745. The number of rotatable bonds is 7. The van der Waals surface area contributed by atoms with Gasteiger partial charge in [-0.2, -0.15) is 0 Å². The fraction of sp³-hybridized carbons (Fsp3) is 0.600. The van der Waals surface area contributed by atoms with E-state index in [1.165, 1.54) is 0 Å². The van der Waals surface area contributed by atoms with Gasteiger partial charge in [0.15, 0.2) is 0 Å². The minimum Gasteiger partial charge on any atom is -0.497 e. The highest BCUT2D eigenvalue weighted by Gasteiger charge is 2.11. The Morgan fingerprint density at radius 3 is 2.42 bits per heavy atom. The number of nitrogens with one attached hydrogen (secondary N) is 1. The summed E-state index contributed by atoms with van der Waals surface area (Å²) in [5, 5.41) is 3.42. The third-order valence-electron chi connectivity index (χ3n) is 3.03. The minimum absolute atomic E-state index is 0.110. The first-order valence-electron chi connectivity index (χ1n) is 6.63. The molecule has 0 saturated heterocycles. The second kappa shape index (κ2) is 6.66. The van der Waals surface area contributed by atoms with E-state index in [0.717, 1.165) is 42.1 Å². The van der Waals surface area contributed by atoms with Gasteiger partial charge >= 0.3 is 0 Å². The Kier molecular flexibility index (Phi) is 5.48. The number of aryl methyl sites for hydroxylation is 1. The number of hydrogen-bond donors (Lipinski definition) is 2. The van der Waals surface area contributed by atoms with Gasteiger partial charge < -0.3 is 20.5 Å². The van der Waals surface area contributed by atoms with E-state index in [0.29, 0.717) is 0 Å². The van der Waals surface area contributed by atoms with Gasteiger partial charge in [0, 0.05) is 18.2 Å². The molecule has 19 heavy (non-hydrogen) atoms. The van der Waals surface area contributed by atoms with E-state index >= 15 is 0 Å². The molecule has 0 fully saturated rings. The van der Waals surface area contributed by atoms with Crippen LogP contribution in [0.2, 0.25) is 0 Å². The van der Waals surface area contributed by atoms with Crippen LogP contribution in [0.1, 0.15) is 32.3 Å². The van der Waals surface area contributed by atoms with Crippen LogP contribution in [0.4, 0.5) is 5.69 Å². The minimum atomic E-state index is -0.110. The number of methoxy groups -OCH3 is 2. The molecular formula is C15H26N2O2. The standard InChI is InChI=1S/C15H26N2O2/c1-11-9-12(18-4)10-13(19-5)14(11)17-8-6-7-15(2,3)16/h9-10,17H,6-8,16H2,1-5H3. The molecule has 0 atom stereocenters. The Balaban J connectivity index is 2.67. The van der Waals surface area contributed by atoms with Crippen molar-refractivity contribution in [3.8, 4) is 11.5 Å². The Labute approximate surface area is 116 Å². The average Bonchev–Trinajstić information content (AvgIpc) is 2.34. The predicted molar refractivity (Wildman–Crippen MR) is 80.3 cm³/mol. The second-order valence-electron chi connectivity index (χ2n) is 5.54. The first kappa shape index (κ1) is 15.6. The second-order valence-corrected chi connectivity index (χ2v) is 5.54. The molecule has 0 radical (unpaired) electrons. The highest BCUT2D eigenvalue weighted by atomic mass is 16.5. The average molecular weight is 266 g/mol. The maximum atomic E-state index is 5.97. The van der Waals surface area contributed by atoms with Gasteiger partial charge in [-0.05, 0) is 45.2 Å². The summed E-state index contributed by atoms with van der Waals surface area (Å²) in [7, 11) is 3.33. The first-order chi connectivity index (χ1) is 8.87. The summed E-state index contributed by atoms with van der Waals surface area (Å²) in [6, 6.07) is 3.89. The molecule has 3 N–H and O–H groups in total. The molecule has 108 valence electrons. The van der Waals surface area contributed by atoms with Crippen molar-refractivity contribution < 1.29 is 9.47 Å². The van der Waals surface area contributed by atoms with Crippen LogP contribution < -0.4 is 20.5 Å². The summed E-state index contributed by atoms with van der Waals surface area (Å²) in [6.45, 7) is 7.02. The molecule has 0 spiro atoms. The Bertz CT molecular complexity index is 411.